The van der Waals surface area contributed by atoms with Crippen LogP contribution in [0.3, 0.4) is 0 Å². The summed E-state index contributed by atoms with van der Waals surface area (Å²) in [5.41, 5.74) is 2.12. The van der Waals surface area contributed by atoms with Crippen molar-refractivity contribution in [1.82, 2.24) is 0 Å². The van der Waals surface area contributed by atoms with Crippen LogP contribution in [-0.4, -0.2) is 7.11 Å². The van der Waals surface area contributed by atoms with Crippen LogP contribution in [0.4, 0.5) is 0 Å². The normalized spacial score (nSPS) is 27.3. The summed E-state index contributed by atoms with van der Waals surface area (Å²) in [7, 11) is 1.66. The summed E-state index contributed by atoms with van der Waals surface area (Å²) in [6.45, 7) is 4.10. The van der Waals surface area contributed by atoms with Gasteiger partial charge in [0.25, 0.3) is 0 Å². The van der Waals surface area contributed by atoms with Crippen molar-refractivity contribution in [3.05, 3.63) is 64.9 Å². The highest BCUT2D eigenvalue weighted by atomic mass is 32.2. The highest BCUT2D eigenvalue weighted by Gasteiger charge is 2.47. The fraction of sp³-hybridized carbons (Fsp3) is 0.333. The molecule has 3 atom stereocenters. The van der Waals surface area contributed by atoms with Gasteiger partial charge in [-0.15, -0.1) is 0 Å². The summed E-state index contributed by atoms with van der Waals surface area (Å²) in [5.74, 6) is 0.789. The molecule has 1 N–H and O–H groups in total. The van der Waals surface area contributed by atoms with E-state index in [4.69, 9.17) is 4.74 Å². The number of thioether (sulfide) groups is 1. The van der Waals surface area contributed by atoms with E-state index in [-0.39, 0.29) is 11.1 Å². The van der Waals surface area contributed by atoms with E-state index in [1.54, 1.807) is 18.9 Å². The van der Waals surface area contributed by atoms with Crippen molar-refractivity contribution in [1.29, 1.82) is 0 Å². The summed E-state index contributed by atoms with van der Waals surface area (Å²) in [5, 5.41) is 13.5. The third-order valence-electron chi connectivity index (χ3n) is 4.50. The Balaban J connectivity index is 2.18. The molecule has 0 radical (unpaired) electrons. The fourth-order valence-electron chi connectivity index (χ4n) is 3.26. The van der Waals surface area contributed by atoms with Crippen molar-refractivity contribution in [3.8, 4) is 5.75 Å². The number of hydroxylamine groups is 2. The van der Waals surface area contributed by atoms with Crippen LogP contribution in [0.15, 0.2) is 53.4 Å². The van der Waals surface area contributed by atoms with Crippen LogP contribution in [0.25, 0.3) is 0 Å². The molecule has 0 bridgehead atoms. The first-order chi connectivity index (χ1) is 10.6. The van der Waals surface area contributed by atoms with Gasteiger partial charge < -0.3 is 15.0 Å². The van der Waals surface area contributed by atoms with E-state index in [0.717, 1.165) is 23.3 Å². The van der Waals surface area contributed by atoms with Crippen LogP contribution in [0.1, 0.15) is 37.4 Å². The van der Waals surface area contributed by atoms with E-state index < -0.39 is 4.87 Å². The average molecular weight is 315 g/mol. The predicted octanol–water partition coefficient (Wildman–Crippen LogP) is 3.51. The Labute approximate surface area is 135 Å². The molecule has 1 aliphatic rings. The van der Waals surface area contributed by atoms with E-state index in [0.29, 0.717) is 0 Å². The SMILES string of the molecule is CCC1(c2ccccc2OC)Sc2ccccc2C(C)[NH+]1[O-]. The maximum atomic E-state index is 13.2. The van der Waals surface area contributed by atoms with E-state index in [2.05, 4.69) is 19.1 Å². The highest BCUT2D eigenvalue weighted by molar-refractivity contribution is 8.00. The quantitative estimate of drug-likeness (QED) is 0.881. The Morgan fingerprint density at radius 1 is 1.18 bits per heavy atom. The van der Waals surface area contributed by atoms with Crippen molar-refractivity contribution in [3.63, 3.8) is 0 Å². The first kappa shape index (κ1) is 15.4. The third kappa shape index (κ3) is 2.22. The number of rotatable bonds is 3. The molecule has 1 heterocycles. The van der Waals surface area contributed by atoms with Gasteiger partial charge in [0.1, 0.15) is 11.8 Å². The van der Waals surface area contributed by atoms with Crippen molar-refractivity contribution in [2.24, 2.45) is 0 Å². The van der Waals surface area contributed by atoms with E-state index in [9.17, 15) is 5.21 Å². The first-order valence-corrected chi connectivity index (χ1v) is 8.41. The second kappa shape index (κ2) is 5.95. The number of nitrogens with one attached hydrogen (secondary N) is 1. The highest BCUT2D eigenvalue weighted by Crippen LogP contribution is 2.48. The van der Waals surface area contributed by atoms with Gasteiger partial charge >= 0.3 is 0 Å². The molecule has 1 aliphatic heterocycles. The monoisotopic (exact) mass is 315 g/mol. The topological polar surface area (TPSA) is 36.7 Å². The van der Waals surface area contributed by atoms with Gasteiger partial charge in [0, 0.05) is 16.9 Å². The number of ether oxygens (including phenoxy) is 1. The molecule has 0 amide bonds. The van der Waals surface area contributed by atoms with Gasteiger partial charge in [0.05, 0.1) is 12.7 Å². The molecule has 2 aromatic carbocycles. The average Bonchev–Trinajstić information content (AvgIpc) is 2.58. The standard InChI is InChI=1S/C18H21NO2S/c1-4-18(15-10-6-7-11-16(15)21-3)19(20)13(2)14-9-5-8-12-17(14)22-18/h5-13,19H,4H2,1-3H3. The molecule has 3 unspecified atom stereocenters. The Kier molecular flexibility index (Phi) is 4.17. The van der Waals surface area contributed by atoms with E-state index >= 15 is 0 Å². The number of fused-ring (bicyclic) bond motifs is 1. The van der Waals surface area contributed by atoms with Gasteiger partial charge in [0.15, 0.2) is 4.87 Å². The molecule has 3 rings (SSSR count). The van der Waals surface area contributed by atoms with Crippen LogP contribution in [0, 0.1) is 5.21 Å². The Hall–Kier alpha value is -1.49. The molecule has 22 heavy (non-hydrogen) atoms. The number of quaternary nitrogens is 1. The lowest BCUT2D eigenvalue weighted by Gasteiger charge is -2.49. The molecule has 116 valence electrons. The van der Waals surface area contributed by atoms with Gasteiger partial charge in [-0.25, -0.2) is 0 Å². The number of benzene rings is 2. The summed E-state index contributed by atoms with van der Waals surface area (Å²) in [6, 6.07) is 16.0. The van der Waals surface area contributed by atoms with Crippen LogP contribution >= 0.6 is 11.8 Å². The van der Waals surface area contributed by atoms with Crippen LogP contribution in [0.2, 0.25) is 0 Å². The van der Waals surface area contributed by atoms with Crippen molar-refractivity contribution >= 4 is 11.8 Å². The third-order valence-corrected chi connectivity index (χ3v) is 6.15. The van der Waals surface area contributed by atoms with Crippen molar-refractivity contribution in [2.75, 3.05) is 7.11 Å². The predicted molar refractivity (Wildman–Crippen MR) is 90.0 cm³/mol. The van der Waals surface area contributed by atoms with Crippen molar-refractivity contribution in [2.45, 2.75) is 36.1 Å². The lowest BCUT2D eigenvalue weighted by atomic mass is 9.98. The lowest BCUT2D eigenvalue weighted by Crippen LogP contribution is -3.14. The van der Waals surface area contributed by atoms with E-state index in [1.165, 1.54) is 4.90 Å². The summed E-state index contributed by atoms with van der Waals surface area (Å²) >= 11 is 1.67. The molecule has 0 fully saturated rings. The van der Waals surface area contributed by atoms with Gasteiger partial charge in [-0.05, 0) is 25.1 Å². The maximum Gasteiger partial charge on any atom is 0.178 e. The number of para-hydroxylation sites is 1. The fourth-order valence-corrected chi connectivity index (χ4v) is 4.85. The zero-order valence-electron chi connectivity index (χ0n) is 13.1. The smallest absolute Gasteiger partial charge is 0.178 e. The van der Waals surface area contributed by atoms with Gasteiger partial charge in [-0.2, -0.15) is 0 Å². The van der Waals surface area contributed by atoms with Crippen LogP contribution < -0.4 is 9.80 Å². The Morgan fingerprint density at radius 3 is 2.59 bits per heavy atom. The number of hydrogen-bond donors (Lipinski definition) is 1. The molecular formula is C18H21NO2S. The van der Waals surface area contributed by atoms with Gasteiger partial charge in [0.2, 0.25) is 0 Å². The molecule has 0 aromatic heterocycles. The number of hydrogen-bond acceptors (Lipinski definition) is 3. The molecule has 0 aliphatic carbocycles. The molecule has 0 spiro atoms. The second-order valence-electron chi connectivity index (χ2n) is 5.61. The first-order valence-electron chi connectivity index (χ1n) is 7.59. The minimum Gasteiger partial charge on any atom is -0.633 e. The minimum absolute atomic E-state index is 0.0951. The Morgan fingerprint density at radius 2 is 1.86 bits per heavy atom. The maximum absolute atomic E-state index is 13.2. The van der Waals surface area contributed by atoms with Gasteiger partial charge in [-0.3, -0.25) is 0 Å². The van der Waals surface area contributed by atoms with Crippen LogP contribution in [-0.2, 0) is 4.87 Å². The zero-order chi connectivity index (χ0) is 15.7. The minimum atomic E-state index is -0.569. The molecule has 2 aromatic rings. The van der Waals surface area contributed by atoms with Crippen molar-refractivity contribution < 1.29 is 9.80 Å². The van der Waals surface area contributed by atoms with Crippen LogP contribution in [0.5, 0.6) is 5.75 Å². The zero-order valence-corrected chi connectivity index (χ0v) is 13.9. The Bertz CT molecular complexity index is 676. The lowest BCUT2D eigenvalue weighted by molar-refractivity contribution is -0.925. The molecule has 3 nitrogen and oxygen atoms in total. The summed E-state index contributed by atoms with van der Waals surface area (Å²) in [6.07, 6.45) is 0.746. The molecular weight excluding hydrogens is 294 g/mol. The van der Waals surface area contributed by atoms with Gasteiger partial charge in [-0.1, -0.05) is 49.0 Å². The molecule has 4 heteroatoms. The summed E-state index contributed by atoms with van der Waals surface area (Å²) < 4.78 is 5.53. The summed E-state index contributed by atoms with van der Waals surface area (Å²) in [4.78, 5) is 0.628. The number of methoxy groups -OCH3 is 1. The second-order valence-corrected chi connectivity index (χ2v) is 6.95. The molecule has 0 saturated carbocycles. The largest absolute Gasteiger partial charge is 0.633 e. The van der Waals surface area contributed by atoms with E-state index in [1.807, 2.05) is 43.3 Å². The molecule has 0 saturated heterocycles.